The van der Waals surface area contributed by atoms with Gasteiger partial charge in [0.1, 0.15) is 11.4 Å². The SMILES string of the molecule is COc1cccc(NC(=O)C(=O)Nn2c(C(=O)Nc3c(C)cccc3C)cc3cc(Br)ccc32)c1. The average Bonchev–Trinajstić information content (AvgIpc) is 3.18. The van der Waals surface area contributed by atoms with Crippen LogP contribution in [-0.4, -0.2) is 29.5 Å². The number of nitrogens with one attached hydrogen (secondary N) is 3. The van der Waals surface area contributed by atoms with Crippen LogP contribution in [0.15, 0.2) is 71.2 Å². The number of amides is 3. The van der Waals surface area contributed by atoms with Gasteiger partial charge >= 0.3 is 11.8 Å². The molecule has 4 aromatic rings. The summed E-state index contributed by atoms with van der Waals surface area (Å²) >= 11 is 3.43. The molecule has 0 spiro atoms. The van der Waals surface area contributed by atoms with Gasteiger partial charge in [-0.3, -0.25) is 19.8 Å². The first-order chi connectivity index (χ1) is 16.8. The van der Waals surface area contributed by atoms with E-state index in [1.165, 1.54) is 11.8 Å². The second kappa shape index (κ2) is 10.0. The highest BCUT2D eigenvalue weighted by Gasteiger charge is 2.22. The van der Waals surface area contributed by atoms with Crippen LogP contribution < -0.4 is 20.8 Å². The molecule has 0 aliphatic heterocycles. The van der Waals surface area contributed by atoms with E-state index >= 15 is 0 Å². The molecule has 0 aliphatic rings. The molecule has 3 aromatic carbocycles. The minimum Gasteiger partial charge on any atom is -0.497 e. The van der Waals surface area contributed by atoms with E-state index < -0.39 is 17.7 Å². The summed E-state index contributed by atoms with van der Waals surface area (Å²) in [4.78, 5) is 38.7. The second-order valence-electron chi connectivity index (χ2n) is 7.92. The number of carbonyl (C=O) groups excluding carboxylic acids is 3. The van der Waals surface area contributed by atoms with Crippen LogP contribution in [0.5, 0.6) is 5.75 Å². The lowest BCUT2D eigenvalue weighted by molar-refractivity contribution is -0.133. The molecular formula is C26H23BrN4O4. The quantitative estimate of drug-likeness (QED) is 0.314. The molecule has 9 heteroatoms. The summed E-state index contributed by atoms with van der Waals surface area (Å²) in [6.45, 7) is 3.81. The first-order valence-corrected chi connectivity index (χ1v) is 11.5. The summed E-state index contributed by atoms with van der Waals surface area (Å²) in [5.74, 6) is -1.72. The van der Waals surface area contributed by atoms with Crippen molar-refractivity contribution in [2.24, 2.45) is 0 Å². The van der Waals surface area contributed by atoms with Gasteiger partial charge in [0.05, 0.1) is 12.6 Å². The number of aromatic nitrogens is 1. The summed E-state index contributed by atoms with van der Waals surface area (Å²) in [5, 5.41) is 6.17. The number of rotatable bonds is 5. The van der Waals surface area contributed by atoms with Crippen LogP contribution in [0, 0.1) is 13.8 Å². The molecule has 0 aliphatic carbocycles. The first kappa shape index (κ1) is 24.0. The third-order valence-corrected chi connectivity index (χ3v) is 5.96. The molecule has 35 heavy (non-hydrogen) atoms. The summed E-state index contributed by atoms with van der Waals surface area (Å²) < 4.78 is 7.27. The summed E-state index contributed by atoms with van der Waals surface area (Å²) in [7, 11) is 1.51. The van der Waals surface area contributed by atoms with Gasteiger partial charge in [0.2, 0.25) is 0 Å². The van der Waals surface area contributed by atoms with E-state index in [1.807, 2.05) is 38.1 Å². The van der Waals surface area contributed by atoms with Crippen LogP contribution in [-0.2, 0) is 9.59 Å². The zero-order valence-electron chi connectivity index (χ0n) is 19.3. The molecule has 8 nitrogen and oxygen atoms in total. The van der Waals surface area contributed by atoms with Crippen molar-refractivity contribution in [3.05, 3.63) is 88.0 Å². The predicted molar refractivity (Wildman–Crippen MR) is 139 cm³/mol. The summed E-state index contributed by atoms with van der Waals surface area (Å²) in [6, 6.07) is 19.4. The van der Waals surface area contributed by atoms with Crippen molar-refractivity contribution in [1.82, 2.24) is 4.68 Å². The van der Waals surface area contributed by atoms with Gasteiger partial charge in [-0.15, -0.1) is 0 Å². The van der Waals surface area contributed by atoms with Crippen LogP contribution in [0.4, 0.5) is 11.4 Å². The fourth-order valence-corrected chi connectivity index (χ4v) is 4.08. The fourth-order valence-electron chi connectivity index (χ4n) is 3.70. The molecule has 178 valence electrons. The molecule has 0 saturated carbocycles. The van der Waals surface area contributed by atoms with Crippen LogP contribution in [0.25, 0.3) is 10.9 Å². The lowest BCUT2D eigenvalue weighted by atomic mass is 10.1. The third kappa shape index (κ3) is 5.20. The van der Waals surface area contributed by atoms with E-state index in [2.05, 4.69) is 32.0 Å². The Labute approximate surface area is 210 Å². The van der Waals surface area contributed by atoms with Crippen molar-refractivity contribution < 1.29 is 19.1 Å². The molecule has 0 bridgehead atoms. The largest absolute Gasteiger partial charge is 0.497 e. The highest BCUT2D eigenvalue weighted by atomic mass is 79.9. The number of para-hydroxylation sites is 1. The number of methoxy groups -OCH3 is 1. The summed E-state index contributed by atoms with van der Waals surface area (Å²) in [6.07, 6.45) is 0. The predicted octanol–water partition coefficient (Wildman–Crippen LogP) is 4.99. The Morgan fingerprint density at radius 2 is 1.57 bits per heavy atom. The molecule has 0 saturated heterocycles. The third-order valence-electron chi connectivity index (χ3n) is 5.46. The molecule has 1 heterocycles. The van der Waals surface area contributed by atoms with Gasteiger partial charge in [-0.2, -0.15) is 0 Å². The fraction of sp³-hybridized carbons (Fsp3) is 0.115. The molecule has 3 N–H and O–H groups in total. The van der Waals surface area contributed by atoms with Crippen LogP contribution in [0.1, 0.15) is 21.6 Å². The Hall–Kier alpha value is -4.11. The van der Waals surface area contributed by atoms with Crippen molar-refractivity contribution >= 4 is 55.9 Å². The Morgan fingerprint density at radius 3 is 2.29 bits per heavy atom. The van der Waals surface area contributed by atoms with E-state index in [0.717, 1.165) is 15.6 Å². The van der Waals surface area contributed by atoms with Gasteiger partial charge in [-0.1, -0.05) is 40.2 Å². The van der Waals surface area contributed by atoms with E-state index in [4.69, 9.17) is 4.74 Å². The Morgan fingerprint density at radius 1 is 0.857 bits per heavy atom. The van der Waals surface area contributed by atoms with Crippen molar-refractivity contribution in [3.63, 3.8) is 0 Å². The molecule has 4 rings (SSSR count). The molecule has 3 amide bonds. The van der Waals surface area contributed by atoms with E-state index in [0.29, 0.717) is 28.0 Å². The highest BCUT2D eigenvalue weighted by molar-refractivity contribution is 9.10. The average molecular weight is 535 g/mol. The van der Waals surface area contributed by atoms with Gasteiger partial charge in [0.15, 0.2) is 0 Å². The number of benzene rings is 3. The van der Waals surface area contributed by atoms with Crippen LogP contribution >= 0.6 is 15.9 Å². The van der Waals surface area contributed by atoms with E-state index in [1.54, 1.807) is 42.5 Å². The number of carbonyl (C=O) groups is 3. The maximum absolute atomic E-state index is 13.3. The van der Waals surface area contributed by atoms with E-state index in [9.17, 15) is 14.4 Å². The number of nitrogens with zero attached hydrogens (tertiary/aromatic N) is 1. The highest BCUT2D eigenvalue weighted by Crippen LogP contribution is 2.25. The van der Waals surface area contributed by atoms with Crippen molar-refractivity contribution in [3.8, 4) is 5.75 Å². The smallest absolute Gasteiger partial charge is 0.328 e. The molecule has 0 atom stereocenters. The maximum Gasteiger partial charge on any atom is 0.328 e. The van der Waals surface area contributed by atoms with Crippen molar-refractivity contribution in [1.29, 1.82) is 0 Å². The van der Waals surface area contributed by atoms with Crippen molar-refractivity contribution in [2.45, 2.75) is 13.8 Å². The number of fused-ring (bicyclic) bond motifs is 1. The second-order valence-corrected chi connectivity index (χ2v) is 8.83. The van der Waals surface area contributed by atoms with Crippen molar-refractivity contribution in [2.75, 3.05) is 23.2 Å². The molecule has 1 aromatic heterocycles. The van der Waals surface area contributed by atoms with Gasteiger partial charge < -0.3 is 15.4 Å². The monoisotopic (exact) mass is 534 g/mol. The molecule has 0 unspecified atom stereocenters. The minimum atomic E-state index is -0.936. The standard InChI is InChI=1S/C26H23BrN4O4/c1-15-6-4-7-16(2)23(15)29-24(32)22-13-17-12-18(27)10-11-21(17)31(22)30-26(34)25(33)28-19-8-5-9-20(14-19)35-3/h4-14H,1-3H3,(H,28,33)(H,29,32)(H,30,34). The lowest BCUT2D eigenvalue weighted by Crippen LogP contribution is -2.36. The molecule has 0 fully saturated rings. The van der Waals surface area contributed by atoms with Crippen LogP contribution in [0.2, 0.25) is 0 Å². The van der Waals surface area contributed by atoms with E-state index in [-0.39, 0.29) is 5.69 Å². The first-order valence-electron chi connectivity index (χ1n) is 10.7. The Kier molecular flexibility index (Phi) is 6.88. The Balaban J connectivity index is 1.64. The number of halogens is 1. The number of anilines is 2. The molecular weight excluding hydrogens is 512 g/mol. The zero-order valence-corrected chi connectivity index (χ0v) is 20.9. The topological polar surface area (TPSA) is 101 Å². The van der Waals surface area contributed by atoms with Gasteiger partial charge in [0, 0.05) is 27.3 Å². The Bertz CT molecular complexity index is 1440. The number of aryl methyl sites for hydroxylation is 2. The molecule has 0 radical (unpaired) electrons. The van der Waals surface area contributed by atoms with Gasteiger partial charge in [-0.05, 0) is 61.4 Å². The number of hydrogen-bond acceptors (Lipinski definition) is 4. The maximum atomic E-state index is 13.3. The minimum absolute atomic E-state index is 0.170. The normalized spacial score (nSPS) is 10.6. The lowest BCUT2D eigenvalue weighted by Gasteiger charge is -2.15. The number of hydrogen-bond donors (Lipinski definition) is 3. The number of ether oxygens (including phenoxy) is 1. The zero-order chi connectivity index (χ0) is 25.1. The van der Waals surface area contributed by atoms with Crippen LogP contribution in [0.3, 0.4) is 0 Å². The summed E-state index contributed by atoms with van der Waals surface area (Å²) in [5.41, 5.74) is 6.19. The van der Waals surface area contributed by atoms with Gasteiger partial charge in [-0.25, -0.2) is 4.68 Å². The van der Waals surface area contributed by atoms with Gasteiger partial charge in [0.25, 0.3) is 5.91 Å².